The van der Waals surface area contributed by atoms with Crippen molar-refractivity contribution >= 4 is 11.9 Å². The number of hydrogen-bond acceptors (Lipinski definition) is 6. The van der Waals surface area contributed by atoms with E-state index in [1.807, 2.05) is 30.8 Å². The molecule has 2 fully saturated rings. The van der Waals surface area contributed by atoms with Gasteiger partial charge in [-0.2, -0.15) is 0 Å². The summed E-state index contributed by atoms with van der Waals surface area (Å²) in [5, 5.41) is 0. The molecule has 2 saturated heterocycles. The minimum atomic E-state index is -0.461. The number of anilines is 1. The molecule has 0 unspecified atom stereocenters. The smallest absolute Gasteiger partial charge is 0.257 e. The highest BCUT2D eigenvalue weighted by atomic mass is 16.7. The quantitative estimate of drug-likeness (QED) is 0.806. The van der Waals surface area contributed by atoms with Gasteiger partial charge >= 0.3 is 0 Å². The second kappa shape index (κ2) is 5.81. The van der Waals surface area contributed by atoms with E-state index in [1.165, 1.54) is 0 Å². The van der Waals surface area contributed by atoms with E-state index in [2.05, 4.69) is 9.97 Å². The third kappa shape index (κ3) is 2.78. The minimum Gasteiger partial charge on any atom is -0.347 e. The third-order valence-corrected chi connectivity index (χ3v) is 4.22. The number of amides is 1. The van der Waals surface area contributed by atoms with E-state index < -0.39 is 5.79 Å². The van der Waals surface area contributed by atoms with Crippen LogP contribution >= 0.6 is 0 Å². The van der Waals surface area contributed by atoms with Crippen LogP contribution in [0.25, 0.3) is 0 Å². The molecule has 7 nitrogen and oxygen atoms in total. The van der Waals surface area contributed by atoms with Crippen LogP contribution in [-0.4, -0.2) is 67.0 Å². The monoisotopic (exact) mass is 306 g/mol. The maximum absolute atomic E-state index is 12.7. The van der Waals surface area contributed by atoms with Crippen molar-refractivity contribution in [2.75, 3.05) is 45.3 Å². The van der Waals surface area contributed by atoms with Crippen LogP contribution in [0.5, 0.6) is 0 Å². The maximum Gasteiger partial charge on any atom is 0.257 e. The summed E-state index contributed by atoms with van der Waals surface area (Å²) in [6.45, 7) is 4.40. The number of likely N-dealkylation sites (tertiary alicyclic amines) is 1. The molecular weight excluding hydrogens is 284 g/mol. The van der Waals surface area contributed by atoms with Crippen molar-refractivity contribution in [3.05, 3.63) is 17.5 Å². The summed E-state index contributed by atoms with van der Waals surface area (Å²) < 4.78 is 11.4. The fourth-order valence-corrected chi connectivity index (χ4v) is 2.89. The van der Waals surface area contributed by atoms with Crippen LogP contribution in [0, 0.1) is 6.92 Å². The highest BCUT2D eigenvalue weighted by molar-refractivity contribution is 5.95. The van der Waals surface area contributed by atoms with Crippen LogP contribution in [0.4, 0.5) is 5.95 Å². The standard InChI is InChI=1S/C15H22N4O3/c1-11-12(10-16-14(17-11)18(2)3)13(20)19-6-4-15(5-7-19)21-8-9-22-15/h10H,4-9H2,1-3H3. The number of ether oxygens (including phenoxy) is 2. The van der Waals surface area contributed by atoms with Crippen LogP contribution in [0.1, 0.15) is 28.9 Å². The number of aromatic nitrogens is 2. The molecule has 0 N–H and O–H groups in total. The first-order chi connectivity index (χ1) is 10.5. The maximum atomic E-state index is 12.7. The van der Waals surface area contributed by atoms with Crippen LogP contribution in [0.15, 0.2) is 6.20 Å². The van der Waals surface area contributed by atoms with Gasteiger partial charge in [0.05, 0.1) is 24.5 Å². The van der Waals surface area contributed by atoms with Gasteiger partial charge < -0.3 is 19.3 Å². The lowest BCUT2D eigenvalue weighted by Gasteiger charge is -2.37. The molecule has 1 aromatic rings. The van der Waals surface area contributed by atoms with Crippen molar-refractivity contribution in [3.8, 4) is 0 Å². The number of piperidine rings is 1. The second-order valence-electron chi connectivity index (χ2n) is 5.96. The van der Waals surface area contributed by atoms with Gasteiger partial charge in [0, 0.05) is 46.2 Å². The number of rotatable bonds is 2. The molecule has 0 radical (unpaired) electrons. The van der Waals surface area contributed by atoms with E-state index in [0.717, 1.165) is 0 Å². The molecule has 0 aliphatic carbocycles. The summed E-state index contributed by atoms with van der Waals surface area (Å²) in [7, 11) is 3.75. The molecule has 22 heavy (non-hydrogen) atoms. The van der Waals surface area contributed by atoms with Gasteiger partial charge in [-0.15, -0.1) is 0 Å². The molecule has 3 rings (SSSR count). The summed E-state index contributed by atoms with van der Waals surface area (Å²) in [6.07, 6.45) is 3.05. The van der Waals surface area contributed by atoms with Gasteiger partial charge in [0.2, 0.25) is 5.95 Å². The highest BCUT2D eigenvalue weighted by Crippen LogP contribution is 2.31. The Bertz CT molecular complexity index is 560. The molecule has 0 bridgehead atoms. The van der Waals surface area contributed by atoms with Crippen LogP contribution in [-0.2, 0) is 9.47 Å². The topological polar surface area (TPSA) is 67.8 Å². The molecular formula is C15H22N4O3. The molecule has 7 heteroatoms. The molecule has 1 aromatic heterocycles. The first kappa shape index (κ1) is 15.2. The van der Waals surface area contributed by atoms with Crippen LogP contribution in [0.2, 0.25) is 0 Å². The van der Waals surface area contributed by atoms with Crippen molar-refractivity contribution in [2.45, 2.75) is 25.6 Å². The Kier molecular flexibility index (Phi) is 4.01. The zero-order chi connectivity index (χ0) is 15.7. The first-order valence-electron chi connectivity index (χ1n) is 7.59. The summed E-state index contributed by atoms with van der Waals surface area (Å²) in [6, 6.07) is 0. The van der Waals surface area contributed by atoms with Gasteiger partial charge in [-0.1, -0.05) is 0 Å². The Morgan fingerprint density at radius 2 is 1.91 bits per heavy atom. The summed E-state index contributed by atoms with van der Waals surface area (Å²) in [4.78, 5) is 24.9. The number of carbonyl (C=O) groups excluding carboxylic acids is 1. The average molecular weight is 306 g/mol. The normalized spacial score (nSPS) is 20.4. The zero-order valence-electron chi connectivity index (χ0n) is 13.3. The van der Waals surface area contributed by atoms with Gasteiger partial charge in [0.15, 0.2) is 5.79 Å². The van der Waals surface area contributed by atoms with Gasteiger partial charge in [-0.05, 0) is 6.92 Å². The molecule has 1 amide bonds. The Morgan fingerprint density at radius 1 is 1.27 bits per heavy atom. The average Bonchev–Trinajstić information content (AvgIpc) is 2.95. The fourth-order valence-electron chi connectivity index (χ4n) is 2.89. The predicted octanol–water partition coefficient (Wildman–Crippen LogP) is 0.830. The fraction of sp³-hybridized carbons (Fsp3) is 0.667. The van der Waals surface area contributed by atoms with E-state index in [1.54, 1.807) is 6.20 Å². The van der Waals surface area contributed by atoms with Gasteiger partial charge in [-0.3, -0.25) is 4.79 Å². The largest absolute Gasteiger partial charge is 0.347 e. The highest BCUT2D eigenvalue weighted by Gasteiger charge is 2.41. The van der Waals surface area contributed by atoms with E-state index in [4.69, 9.17) is 9.47 Å². The molecule has 120 valence electrons. The third-order valence-electron chi connectivity index (χ3n) is 4.22. The number of hydrogen-bond donors (Lipinski definition) is 0. The molecule has 3 heterocycles. The van der Waals surface area contributed by atoms with Gasteiger partial charge in [0.1, 0.15) is 0 Å². The Morgan fingerprint density at radius 3 is 2.45 bits per heavy atom. The molecule has 2 aliphatic heterocycles. The molecule has 0 aromatic carbocycles. The van der Waals surface area contributed by atoms with Crippen molar-refractivity contribution in [2.24, 2.45) is 0 Å². The van der Waals surface area contributed by atoms with Crippen LogP contribution < -0.4 is 4.90 Å². The Balaban J connectivity index is 1.69. The van der Waals surface area contributed by atoms with Gasteiger partial charge in [0.25, 0.3) is 5.91 Å². The van der Waals surface area contributed by atoms with Crippen molar-refractivity contribution in [3.63, 3.8) is 0 Å². The minimum absolute atomic E-state index is 0.0179. The van der Waals surface area contributed by atoms with E-state index in [9.17, 15) is 4.79 Å². The summed E-state index contributed by atoms with van der Waals surface area (Å²) in [5.74, 6) is 0.131. The van der Waals surface area contributed by atoms with E-state index in [-0.39, 0.29) is 5.91 Å². The number of aryl methyl sites for hydroxylation is 1. The van der Waals surface area contributed by atoms with E-state index >= 15 is 0 Å². The second-order valence-corrected chi connectivity index (χ2v) is 5.96. The lowest BCUT2D eigenvalue weighted by Crippen LogP contribution is -2.47. The first-order valence-corrected chi connectivity index (χ1v) is 7.59. The number of nitrogens with zero attached hydrogens (tertiary/aromatic N) is 4. The Hall–Kier alpha value is -1.73. The van der Waals surface area contributed by atoms with Crippen LogP contribution in [0.3, 0.4) is 0 Å². The van der Waals surface area contributed by atoms with E-state index in [0.29, 0.717) is 56.4 Å². The molecule has 0 saturated carbocycles. The molecule has 0 atom stereocenters. The summed E-state index contributed by atoms with van der Waals surface area (Å²) in [5.41, 5.74) is 1.27. The van der Waals surface area contributed by atoms with Gasteiger partial charge in [-0.25, -0.2) is 9.97 Å². The molecule has 1 spiro atoms. The Labute approximate surface area is 130 Å². The predicted molar refractivity (Wildman–Crippen MR) is 80.9 cm³/mol. The van der Waals surface area contributed by atoms with Crippen molar-refractivity contribution < 1.29 is 14.3 Å². The lowest BCUT2D eigenvalue weighted by atomic mass is 10.0. The lowest BCUT2D eigenvalue weighted by molar-refractivity contribution is -0.181. The van der Waals surface area contributed by atoms with Crippen molar-refractivity contribution in [1.29, 1.82) is 0 Å². The number of carbonyl (C=O) groups is 1. The zero-order valence-corrected chi connectivity index (χ0v) is 13.3. The molecule has 2 aliphatic rings. The SMILES string of the molecule is Cc1nc(N(C)C)ncc1C(=O)N1CCC2(CC1)OCCO2. The van der Waals surface area contributed by atoms with Crippen molar-refractivity contribution in [1.82, 2.24) is 14.9 Å². The summed E-state index contributed by atoms with van der Waals surface area (Å²) >= 11 is 0.